The molecule has 2 N–H and O–H groups in total. The van der Waals surface area contributed by atoms with Gasteiger partial charge in [-0.25, -0.2) is 4.79 Å². The molecule has 2 aromatic rings. The molecular formula is C15H16ClNO2. The van der Waals surface area contributed by atoms with Crippen molar-refractivity contribution in [3.05, 3.63) is 59.7 Å². The van der Waals surface area contributed by atoms with Crippen LogP contribution in [0.5, 0.6) is 0 Å². The molecule has 0 bridgehead atoms. The van der Waals surface area contributed by atoms with Crippen LogP contribution < -0.4 is 5.73 Å². The predicted molar refractivity (Wildman–Crippen MR) is 78.4 cm³/mol. The molecule has 0 radical (unpaired) electrons. The van der Waals surface area contributed by atoms with Gasteiger partial charge in [0, 0.05) is 6.54 Å². The summed E-state index contributed by atoms with van der Waals surface area (Å²) in [6, 6.07) is 15.4. The van der Waals surface area contributed by atoms with Crippen molar-refractivity contribution < 1.29 is 9.53 Å². The molecule has 0 unspecified atom stereocenters. The first-order valence-electron chi connectivity index (χ1n) is 5.73. The normalized spacial score (nSPS) is 9.58. The first-order chi connectivity index (χ1) is 8.76. The molecule has 0 aliphatic rings. The van der Waals surface area contributed by atoms with E-state index in [-0.39, 0.29) is 18.4 Å². The van der Waals surface area contributed by atoms with Gasteiger partial charge in [0.1, 0.15) is 0 Å². The molecule has 0 fully saturated rings. The van der Waals surface area contributed by atoms with Gasteiger partial charge in [-0.2, -0.15) is 0 Å². The van der Waals surface area contributed by atoms with Gasteiger partial charge in [0.25, 0.3) is 0 Å². The molecule has 100 valence electrons. The molecule has 4 heteroatoms. The summed E-state index contributed by atoms with van der Waals surface area (Å²) in [6.07, 6.45) is 0. The van der Waals surface area contributed by atoms with E-state index in [0.29, 0.717) is 12.1 Å². The van der Waals surface area contributed by atoms with Crippen LogP contribution in [-0.2, 0) is 11.3 Å². The highest BCUT2D eigenvalue weighted by Gasteiger charge is 2.13. The average molecular weight is 278 g/mol. The first-order valence-corrected chi connectivity index (χ1v) is 5.73. The van der Waals surface area contributed by atoms with E-state index >= 15 is 0 Å². The lowest BCUT2D eigenvalue weighted by atomic mass is 9.97. The third-order valence-electron chi connectivity index (χ3n) is 2.81. The standard InChI is InChI=1S/C15H15NO2.ClH/c1-18-15(17)14-9-11(10-16)7-8-13(14)12-5-3-2-4-6-12;/h2-9H,10,16H2,1H3;1H. The zero-order valence-corrected chi connectivity index (χ0v) is 11.4. The van der Waals surface area contributed by atoms with E-state index in [0.717, 1.165) is 16.7 Å². The molecule has 0 aliphatic carbocycles. The number of carbonyl (C=O) groups is 1. The van der Waals surface area contributed by atoms with Crippen molar-refractivity contribution in [3.63, 3.8) is 0 Å². The molecule has 0 spiro atoms. The van der Waals surface area contributed by atoms with Crippen LogP contribution in [0.1, 0.15) is 15.9 Å². The second-order valence-corrected chi connectivity index (χ2v) is 3.94. The number of rotatable bonds is 3. The number of hydrogen-bond acceptors (Lipinski definition) is 3. The number of benzene rings is 2. The summed E-state index contributed by atoms with van der Waals surface area (Å²) < 4.78 is 4.82. The summed E-state index contributed by atoms with van der Waals surface area (Å²) in [5.41, 5.74) is 8.91. The Morgan fingerprint density at radius 1 is 1.16 bits per heavy atom. The molecule has 0 aliphatic heterocycles. The molecule has 19 heavy (non-hydrogen) atoms. The van der Waals surface area contributed by atoms with Crippen molar-refractivity contribution >= 4 is 18.4 Å². The highest BCUT2D eigenvalue weighted by Crippen LogP contribution is 2.25. The van der Waals surface area contributed by atoms with Gasteiger partial charge in [-0.3, -0.25) is 0 Å². The third kappa shape index (κ3) is 3.34. The number of halogens is 1. The Hall–Kier alpha value is -1.84. The molecule has 3 nitrogen and oxygen atoms in total. The Morgan fingerprint density at radius 2 is 1.84 bits per heavy atom. The average Bonchev–Trinajstić information content (AvgIpc) is 2.46. The summed E-state index contributed by atoms with van der Waals surface area (Å²) in [6.45, 7) is 0.402. The molecule has 0 atom stereocenters. The lowest BCUT2D eigenvalue weighted by Gasteiger charge is -2.09. The number of carbonyl (C=O) groups excluding carboxylic acids is 1. The Morgan fingerprint density at radius 3 is 2.42 bits per heavy atom. The van der Waals surface area contributed by atoms with E-state index in [1.54, 1.807) is 6.07 Å². The van der Waals surface area contributed by atoms with Crippen molar-refractivity contribution in [1.29, 1.82) is 0 Å². The van der Waals surface area contributed by atoms with Gasteiger partial charge in [-0.1, -0.05) is 42.5 Å². The van der Waals surface area contributed by atoms with E-state index < -0.39 is 0 Å². The maximum Gasteiger partial charge on any atom is 0.338 e. The first kappa shape index (κ1) is 15.2. The largest absolute Gasteiger partial charge is 0.465 e. The monoisotopic (exact) mass is 277 g/mol. The molecule has 0 saturated carbocycles. The van der Waals surface area contributed by atoms with Gasteiger partial charge in [0.15, 0.2) is 0 Å². The summed E-state index contributed by atoms with van der Waals surface area (Å²) in [4.78, 5) is 11.8. The minimum atomic E-state index is -0.343. The topological polar surface area (TPSA) is 52.3 Å². The van der Waals surface area contributed by atoms with Crippen LogP contribution in [0.2, 0.25) is 0 Å². The van der Waals surface area contributed by atoms with Crippen LogP contribution in [0, 0.1) is 0 Å². The molecule has 0 saturated heterocycles. The van der Waals surface area contributed by atoms with E-state index in [9.17, 15) is 4.79 Å². The molecule has 0 heterocycles. The van der Waals surface area contributed by atoms with Crippen LogP contribution in [-0.4, -0.2) is 13.1 Å². The van der Waals surface area contributed by atoms with Gasteiger partial charge >= 0.3 is 5.97 Å². The van der Waals surface area contributed by atoms with Crippen LogP contribution in [0.3, 0.4) is 0 Å². The van der Waals surface area contributed by atoms with Gasteiger partial charge in [-0.05, 0) is 22.8 Å². The number of esters is 1. The summed E-state index contributed by atoms with van der Waals surface area (Å²) in [5, 5.41) is 0. The summed E-state index contributed by atoms with van der Waals surface area (Å²) in [5.74, 6) is -0.343. The van der Waals surface area contributed by atoms with E-state index in [4.69, 9.17) is 10.5 Å². The van der Waals surface area contributed by atoms with E-state index in [1.807, 2.05) is 42.5 Å². The zero-order chi connectivity index (χ0) is 13.0. The minimum absolute atomic E-state index is 0. The highest BCUT2D eigenvalue weighted by atomic mass is 35.5. The molecule has 2 rings (SSSR count). The molecule has 0 amide bonds. The third-order valence-corrected chi connectivity index (χ3v) is 2.81. The Kier molecular flexibility index (Phi) is 5.55. The van der Waals surface area contributed by atoms with Gasteiger partial charge in [0.05, 0.1) is 12.7 Å². The fourth-order valence-corrected chi connectivity index (χ4v) is 1.87. The molecular weight excluding hydrogens is 262 g/mol. The van der Waals surface area contributed by atoms with Crippen molar-refractivity contribution in [2.24, 2.45) is 5.73 Å². The van der Waals surface area contributed by atoms with Crippen molar-refractivity contribution in [2.45, 2.75) is 6.54 Å². The molecule has 2 aromatic carbocycles. The fourth-order valence-electron chi connectivity index (χ4n) is 1.87. The van der Waals surface area contributed by atoms with Crippen LogP contribution in [0.25, 0.3) is 11.1 Å². The number of methoxy groups -OCH3 is 1. The van der Waals surface area contributed by atoms with Crippen molar-refractivity contribution in [2.75, 3.05) is 7.11 Å². The number of hydrogen-bond donors (Lipinski definition) is 1. The van der Waals surface area contributed by atoms with Crippen molar-refractivity contribution in [1.82, 2.24) is 0 Å². The highest BCUT2D eigenvalue weighted by molar-refractivity contribution is 5.97. The van der Waals surface area contributed by atoms with Gasteiger partial charge in [0.2, 0.25) is 0 Å². The summed E-state index contributed by atoms with van der Waals surface area (Å²) in [7, 11) is 1.38. The summed E-state index contributed by atoms with van der Waals surface area (Å²) >= 11 is 0. The SMILES string of the molecule is COC(=O)c1cc(CN)ccc1-c1ccccc1.Cl. The van der Waals surface area contributed by atoms with Crippen LogP contribution >= 0.6 is 12.4 Å². The second kappa shape index (κ2) is 6.92. The Bertz CT molecular complexity index is 555. The quantitative estimate of drug-likeness (QED) is 0.878. The second-order valence-electron chi connectivity index (χ2n) is 3.94. The maximum absolute atomic E-state index is 11.8. The number of ether oxygens (including phenoxy) is 1. The zero-order valence-electron chi connectivity index (χ0n) is 10.6. The Balaban J connectivity index is 0.00000180. The number of nitrogens with two attached hydrogens (primary N) is 1. The molecule has 0 aromatic heterocycles. The fraction of sp³-hybridized carbons (Fsp3) is 0.133. The Labute approximate surface area is 118 Å². The van der Waals surface area contributed by atoms with Crippen LogP contribution in [0.15, 0.2) is 48.5 Å². The smallest absolute Gasteiger partial charge is 0.338 e. The lowest BCUT2D eigenvalue weighted by molar-refractivity contribution is 0.0601. The van der Waals surface area contributed by atoms with Gasteiger partial charge in [-0.15, -0.1) is 12.4 Å². The van der Waals surface area contributed by atoms with Crippen molar-refractivity contribution in [3.8, 4) is 11.1 Å². The van der Waals surface area contributed by atoms with Crippen LogP contribution in [0.4, 0.5) is 0 Å². The lowest BCUT2D eigenvalue weighted by Crippen LogP contribution is -2.06. The minimum Gasteiger partial charge on any atom is -0.465 e. The maximum atomic E-state index is 11.8. The van der Waals surface area contributed by atoms with E-state index in [1.165, 1.54) is 7.11 Å². The van der Waals surface area contributed by atoms with E-state index in [2.05, 4.69) is 0 Å². The predicted octanol–water partition coefficient (Wildman–Crippen LogP) is 3.02. The van der Waals surface area contributed by atoms with Gasteiger partial charge < -0.3 is 10.5 Å².